The smallest absolute Gasteiger partial charge is 0.0159 e. The van der Waals surface area contributed by atoms with Gasteiger partial charge in [0, 0.05) is 5.41 Å². The first-order valence-electron chi connectivity index (χ1n) is 43.6. The highest BCUT2D eigenvalue weighted by Crippen LogP contribution is 2.57. The molecule has 0 aliphatic heterocycles. The molecule has 0 saturated heterocycles. The largest absolute Gasteiger partial charge is 0.0579 e. The Balaban J connectivity index is 1.06. The molecule has 0 saturated carbocycles. The van der Waals surface area contributed by atoms with E-state index >= 15 is 0 Å². The van der Waals surface area contributed by atoms with E-state index in [9.17, 15) is 0 Å². The van der Waals surface area contributed by atoms with E-state index in [4.69, 9.17) is 0 Å². The van der Waals surface area contributed by atoms with Crippen LogP contribution < -0.4 is 0 Å². The molecule has 14 aromatic rings. The van der Waals surface area contributed by atoms with Crippen molar-refractivity contribution in [2.24, 2.45) is 0 Å². The van der Waals surface area contributed by atoms with E-state index in [1.165, 1.54) is 189 Å². The fourth-order valence-electron chi connectivity index (χ4n) is 17.5. The molecule has 0 spiro atoms. The standard InChI is InChI=1S/C119H126/c1-111(2,3)95-43-27-75(28-44-95)83-59-84(76-29-45-96(46-30-76)112(4,5)6)64-91(63-83)103-71-107-108-72-104(92-65-85(77-31-47-97(48-32-77)113(7,8)9)60-86(66-92)78-33-49-98(50-34-78)114(10,11)12)106(94-69-89(81-39-55-101(56-40-81)117(19,20)21)62-90(70-94)82-41-57-102(58-42-82)118(22,23)24)74-110(108)119(25,26)109(107)73-105(103)93-67-87(79-35-51-99(52-36-79)115(13,14)15)61-88(68-93)80-37-53-100(54-38-80)116(16,17)18/h27-74H,1-26H3. The van der Waals surface area contributed by atoms with Gasteiger partial charge in [0.15, 0.2) is 0 Å². The first-order chi connectivity index (χ1) is 55.7. The van der Waals surface area contributed by atoms with Gasteiger partial charge in [-0.1, -0.05) is 374 Å². The van der Waals surface area contributed by atoms with E-state index in [-0.39, 0.29) is 43.3 Å². The normalized spacial score (nSPS) is 13.4. The highest BCUT2D eigenvalue weighted by molar-refractivity contribution is 6.01. The van der Waals surface area contributed by atoms with Gasteiger partial charge in [0.25, 0.3) is 0 Å². The second-order valence-electron chi connectivity index (χ2n) is 43.3. The molecule has 15 rings (SSSR count). The number of fused-ring (bicyclic) bond motifs is 3. The average Bonchev–Trinajstić information content (AvgIpc) is 1.55. The lowest BCUT2D eigenvalue weighted by atomic mass is 9.78. The SMILES string of the molecule is CC(C)(C)c1ccc(-c2cc(-c3ccc(C(C)(C)C)cc3)cc(-c3cc4c(cc3-c3cc(-c5ccc(C(C)(C)C)cc5)cc(-c5ccc(C(C)(C)C)cc5)c3)C(C)(C)c3cc(-c5cc(-c6ccc(C(C)(C)C)cc6)cc(-c6ccc(C(C)(C)C)cc6)c5)c(-c5cc(-c6ccc(C(C)(C)C)cc6)cc(-c6ccc(C(C)(C)C)cc6)c5)cc3-4)c2)cc1. The van der Waals surface area contributed by atoms with E-state index in [0.29, 0.717) is 0 Å². The third-order valence-electron chi connectivity index (χ3n) is 25.6. The minimum Gasteiger partial charge on any atom is -0.0579 e. The van der Waals surface area contributed by atoms with E-state index < -0.39 is 5.41 Å². The molecule has 0 heteroatoms. The van der Waals surface area contributed by atoms with Crippen molar-refractivity contribution >= 4 is 0 Å². The van der Waals surface area contributed by atoms with Crippen molar-refractivity contribution in [2.45, 2.75) is 229 Å². The van der Waals surface area contributed by atoms with Gasteiger partial charge < -0.3 is 0 Å². The topological polar surface area (TPSA) is 0 Å². The number of rotatable bonds is 12. The zero-order valence-corrected chi connectivity index (χ0v) is 76.2. The Morgan fingerprint density at radius 3 is 0.370 bits per heavy atom. The van der Waals surface area contributed by atoms with Crippen LogP contribution in [0.1, 0.15) is 236 Å². The van der Waals surface area contributed by atoms with Crippen LogP contribution in [0.4, 0.5) is 0 Å². The summed E-state index contributed by atoms with van der Waals surface area (Å²) in [6, 6.07) is 115. The summed E-state index contributed by atoms with van der Waals surface area (Å²) in [5.74, 6) is 0. The number of benzene rings is 14. The molecule has 14 aromatic carbocycles. The molecule has 119 heavy (non-hydrogen) atoms. The first-order valence-corrected chi connectivity index (χ1v) is 43.6. The maximum atomic E-state index is 2.63. The van der Waals surface area contributed by atoms with Gasteiger partial charge in [0.2, 0.25) is 0 Å². The summed E-state index contributed by atoms with van der Waals surface area (Å²) >= 11 is 0. The van der Waals surface area contributed by atoms with Crippen LogP contribution in [0.15, 0.2) is 291 Å². The summed E-state index contributed by atoms with van der Waals surface area (Å²) in [7, 11) is 0. The minimum atomic E-state index is -0.490. The van der Waals surface area contributed by atoms with Crippen LogP contribution in [0.25, 0.3) is 145 Å². The molecule has 0 fully saturated rings. The zero-order valence-electron chi connectivity index (χ0n) is 76.2. The Kier molecular flexibility index (Phi) is 21.2. The van der Waals surface area contributed by atoms with Crippen LogP contribution in [0.2, 0.25) is 0 Å². The molecule has 0 amide bonds. The van der Waals surface area contributed by atoms with Crippen molar-refractivity contribution in [3.63, 3.8) is 0 Å². The molecule has 0 radical (unpaired) electrons. The second kappa shape index (κ2) is 30.4. The van der Waals surface area contributed by atoms with Gasteiger partial charge in [-0.05, 0) is 341 Å². The Hall–Kier alpha value is -10.9. The van der Waals surface area contributed by atoms with Crippen LogP contribution in [0, 0.1) is 0 Å². The molecule has 0 bridgehead atoms. The van der Waals surface area contributed by atoms with Crippen molar-refractivity contribution in [3.8, 4) is 145 Å². The van der Waals surface area contributed by atoms with Gasteiger partial charge in [-0.15, -0.1) is 0 Å². The molecule has 0 heterocycles. The number of hydrogen-bond donors (Lipinski definition) is 0. The van der Waals surface area contributed by atoms with Gasteiger partial charge in [0.1, 0.15) is 0 Å². The summed E-state index contributed by atoms with van der Waals surface area (Å²) < 4.78 is 0. The highest BCUT2D eigenvalue weighted by atomic mass is 14.4. The molecule has 0 N–H and O–H groups in total. The molecule has 0 nitrogen and oxygen atoms in total. The van der Waals surface area contributed by atoms with Crippen molar-refractivity contribution in [2.75, 3.05) is 0 Å². The summed E-state index contributed by atoms with van der Waals surface area (Å²) in [6.45, 7) is 60.5. The van der Waals surface area contributed by atoms with Crippen LogP contribution in [-0.2, 0) is 48.7 Å². The fourth-order valence-corrected chi connectivity index (χ4v) is 17.5. The van der Waals surface area contributed by atoms with Crippen molar-refractivity contribution in [3.05, 3.63) is 347 Å². The maximum absolute atomic E-state index is 2.63. The Bertz CT molecular complexity index is 5420. The first kappa shape index (κ1) is 83.2. The van der Waals surface area contributed by atoms with Crippen molar-refractivity contribution in [1.29, 1.82) is 0 Å². The molecular weight excluding hydrogens is 1430 g/mol. The summed E-state index contributed by atoms with van der Waals surface area (Å²) in [4.78, 5) is 0. The van der Waals surface area contributed by atoms with E-state index in [1.54, 1.807) is 0 Å². The van der Waals surface area contributed by atoms with Crippen LogP contribution in [0.3, 0.4) is 0 Å². The minimum absolute atomic E-state index is 0.00214. The van der Waals surface area contributed by atoms with Gasteiger partial charge in [-0.3, -0.25) is 0 Å². The Morgan fingerprint density at radius 1 is 0.126 bits per heavy atom. The molecular formula is C119H126. The lowest BCUT2D eigenvalue weighted by molar-refractivity contribution is 0.590. The summed E-state index contributed by atoms with van der Waals surface area (Å²) in [6.07, 6.45) is 0. The van der Waals surface area contributed by atoms with Gasteiger partial charge in [-0.25, -0.2) is 0 Å². The van der Waals surface area contributed by atoms with Crippen LogP contribution in [0.5, 0.6) is 0 Å². The zero-order chi connectivity index (χ0) is 85.2. The second-order valence-corrected chi connectivity index (χ2v) is 43.3. The third-order valence-corrected chi connectivity index (χ3v) is 25.6. The molecule has 0 unspecified atom stereocenters. The average molecular weight is 1560 g/mol. The van der Waals surface area contributed by atoms with Crippen molar-refractivity contribution < 1.29 is 0 Å². The lowest BCUT2D eigenvalue weighted by Gasteiger charge is -2.25. The maximum Gasteiger partial charge on any atom is 0.0159 e. The third kappa shape index (κ3) is 17.3. The molecule has 0 atom stereocenters. The van der Waals surface area contributed by atoms with Crippen LogP contribution in [-0.4, -0.2) is 0 Å². The van der Waals surface area contributed by atoms with Gasteiger partial charge in [-0.2, -0.15) is 0 Å². The molecule has 1 aliphatic carbocycles. The fraction of sp³-hybridized carbons (Fsp3) is 0.294. The van der Waals surface area contributed by atoms with Gasteiger partial charge in [0.05, 0.1) is 0 Å². The highest BCUT2D eigenvalue weighted by Gasteiger charge is 2.39. The molecule has 0 aromatic heterocycles. The number of hydrogen-bond acceptors (Lipinski definition) is 0. The lowest BCUT2D eigenvalue weighted by Crippen LogP contribution is -2.15. The van der Waals surface area contributed by atoms with E-state index in [1.807, 2.05) is 0 Å². The van der Waals surface area contributed by atoms with Crippen LogP contribution >= 0.6 is 0 Å². The predicted octanol–water partition coefficient (Wildman–Crippen LogP) is 34.4. The van der Waals surface area contributed by atoms with Gasteiger partial charge >= 0.3 is 0 Å². The Morgan fingerprint density at radius 2 is 0.244 bits per heavy atom. The van der Waals surface area contributed by atoms with Crippen molar-refractivity contribution in [1.82, 2.24) is 0 Å². The Labute approximate surface area is 715 Å². The monoisotopic (exact) mass is 1550 g/mol. The molecule has 602 valence electrons. The van der Waals surface area contributed by atoms with E-state index in [2.05, 4.69) is 471 Å². The summed E-state index contributed by atoms with van der Waals surface area (Å²) in [5, 5.41) is 0. The summed E-state index contributed by atoms with van der Waals surface area (Å²) in [5.41, 5.74) is 43.5. The predicted molar refractivity (Wildman–Crippen MR) is 519 cm³/mol. The van der Waals surface area contributed by atoms with E-state index in [0.717, 1.165) is 11.1 Å². The quantitative estimate of drug-likeness (QED) is 0.114. The molecule has 1 aliphatic rings.